The fourth-order valence-electron chi connectivity index (χ4n) is 2.77. The van der Waals surface area contributed by atoms with Crippen LogP contribution in [0.3, 0.4) is 0 Å². The first-order chi connectivity index (χ1) is 11.1. The van der Waals surface area contributed by atoms with E-state index in [1.165, 1.54) is 6.92 Å². The molecule has 1 aliphatic rings. The molecule has 23 heavy (non-hydrogen) atoms. The molecule has 1 atom stereocenters. The van der Waals surface area contributed by atoms with E-state index < -0.39 is 0 Å². The molecule has 0 saturated carbocycles. The van der Waals surface area contributed by atoms with Gasteiger partial charge in [0, 0.05) is 5.69 Å². The van der Waals surface area contributed by atoms with E-state index in [4.69, 9.17) is 0 Å². The third-order valence-electron chi connectivity index (χ3n) is 4.02. The van der Waals surface area contributed by atoms with Gasteiger partial charge in [0.15, 0.2) is 0 Å². The summed E-state index contributed by atoms with van der Waals surface area (Å²) in [5.74, 6) is -0.153. The van der Waals surface area contributed by atoms with E-state index in [1.54, 1.807) is 11.0 Å². The normalized spacial score (nSPS) is 19.8. The third kappa shape index (κ3) is 2.90. The van der Waals surface area contributed by atoms with Crippen molar-refractivity contribution in [3.05, 3.63) is 89.2 Å². The second-order valence-corrected chi connectivity index (χ2v) is 5.72. The van der Waals surface area contributed by atoms with Gasteiger partial charge in [0.05, 0.1) is 11.6 Å². The van der Waals surface area contributed by atoms with Gasteiger partial charge >= 0.3 is 0 Å². The Morgan fingerprint density at radius 3 is 2.30 bits per heavy atom. The van der Waals surface area contributed by atoms with Crippen molar-refractivity contribution in [1.29, 1.82) is 0 Å². The Morgan fingerprint density at radius 2 is 1.70 bits per heavy atom. The maximum absolute atomic E-state index is 12.9. The molecule has 0 aliphatic carbocycles. The second kappa shape index (κ2) is 6.13. The molecule has 2 aromatic rings. The topological polar surface area (TPSA) is 40.5 Å². The second-order valence-electron chi connectivity index (χ2n) is 5.72. The quantitative estimate of drug-likeness (QED) is 0.657. The standard InChI is InChI=1S/C20H19NO2/c1-14-8-10-17(11-9-14)21-19(16-6-4-3-5-7-16)13-12-18(15(2)22)20(21)23/h3-13,19,22H,1-2H3/b18-15+. The van der Waals surface area contributed by atoms with Crippen molar-refractivity contribution in [3.63, 3.8) is 0 Å². The number of carbonyl (C=O) groups is 1. The Hall–Kier alpha value is -2.81. The highest BCUT2D eigenvalue weighted by molar-refractivity contribution is 6.09. The average molecular weight is 305 g/mol. The minimum Gasteiger partial charge on any atom is -0.512 e. The summed E-state index contributed by atoms with van der Waals surface area (Å²) >= 11 is 0. The molecule has 3 rings (SSSR count). The van der Waals surface area contributed by atoms with Crippen LogP contribution >= 0.6 is 0 Å². The zero-order valence-electron chi connectivity index (χ0n) is 13.2. The number of carbonyl (C=O) groups excluding carboxylic acids is 1. The molecule has 0 radical (unpaired) electrons. The van der Waals surface area contributed by atoms with E-state index in [9.17, 15) is 9.90 Å². The summed E-state index contributed by atoms with van der Waals surface area (Å²) in [5.41, 5.74) is 3.32. The van der Waals surface area contributed by atoms with Crippen molar-refractivity contribution in [2.75, 3.05) is 4.90 Å². The van der Waals surface area contributed by atoms with Crippen LogP contribution in [0.1, 0.15) is 24.1 Å². The van der Waals surface area contributed by atoms with E-state index in [-0.39, 0.29) is 17.7 Å². The minimum absolute atomic E-state index is 0.0369. The van der Waals surface area contributed by atoms with Crippen LogP contribution < -0.4 is 4.90 Å². The predicted molar refractivity (Wildman–Crippen MR) is 92.3 cm³/mol. The van der Waals surface area contributed by atoms with Crippen molar-refractivity contribution in [3.8, 4) is 0 Å². The predicted octanol–water partition coefficient (Wildman–Crippen LogP) is 4.47. The highest BCUT2D eigenvalue weighted by Crippen LogP contribution is 2.34. The lowest BCUT2D eigenvalue weighted by Crippen LogP contribution is -2.37. The van der Waals surface area contributed by atoms with Gasteiger partial charge in [-0.3, -0.25) is 9.69 Å². The fraction of sp³-hybridized carbons (Fsp3) is 0.150. The van der Waals surface area contributed by atoms with Crippen LogP contribution in [0.5, 0.6) is 0 Å². The molecule has 116 valence electrons. The van der Waals surface area contributed by atoms with E-state index in [2.05, 4.69) is 0 Å². The van der Waals surface area contributed by atoms with Crippen LogP contribution in [-0.4, -0.2) is 11.0 Å². The minimum atomic E-state index is -0.190. The van der Waals surface area contributed by atoms with Gasteiger partial charge in [0.2, 0.25) is 0 Å². The fourth-order valence-corrected chi connectivity index (χ4v) is 2.77. The summed E-state index contributed by atoms with van der Waals surface area (Å²) in [7, 11) is 0. The average Bonchev–Trinajstić information content (AvgIpc) is 2.56. The van der Waals surface area contributed by atoms with Gasteiger partial charge < -0.3 is 5.11 Å². The summed E-state index contributed by atoms with van der Waals surface area (Å²) in [6.07, 6.45) is 3.66. The largest absolute Gasteiger partial charge is 0.512 e. The zero-order chi connectivity index (χ0) is 16.4. The maximum Gasteiger partial charge on any atom is 0.262 e. The van der Waals surface area contributed by atoms with Crippen molar-refractivity contribution >= 4 is 11.6 Å². The van der Waals surface area contributed by atoms with Crippen LogP contribution in [0.4, 0.5) is 5.69 Å². The van der Waals surface area contributed by atoms with E-state index in [0.29, 0.717) is 5.57 Å². The number of hydrogen-bond acceptors (Lipinski definition) is 2. The number of rotatable bonds is 2. The lowest BCUT2D eigenvalue weighted by atomic mass is 9.97. The number of benzene rings is 2. The van der Waals surface area contributed by atoms with Gasteiger partial charge in [-0.05, 0) is 37.6 Å². The molecular formula is C20H19NO2. The smallest absolute Gasteiger partial charge is 0.262 e. The van der Waals surface area contributed by atoms with Crippen LogP contribution in [-0.2, 0) is 4.79 Å². The van der Waals surface area contributed by atoms with E-state index >= 15 is 0 Å². The highest BCUT2D eigenvalue weighted by Gasteiger charge is 2.31. The molecule has 1 aliphatic heterocycles. The van der Waals surface area contributed by atoms with Gasteiger partial charge in [-0.15, -0.1) is 0 Å². The first-order valence-corrected chi connectivity index (χ1v) is 7.61. The number of aryl methyl sites for hydroxylation is 1. The van der Waals surface area contributed by atoms with Gasteiger partial charge in [-0.25, -0.2) is 0 Å². The Labute approximate surface area is 136 Å². The molecule has 3 nitrogen and oxygen atoms in total. The summed E-state index contributed by atoms with van der Waals surface area (Å²) in [5, 5.41) is 9.79. The Kier molecular flexibility index (Phi) is 4.02. The van der Waals surface area contributed by atoms with Gasteiger partial charge in [0.25, 0.3) is 5.91 Å². The lowest BCUT2D eigenvalue weighted by molar-refractivity contribution is -0.115. The zero-order valence-corrected chi connectivity index (χ0v) is 13.2. The van der Waals surface area contributed by atoms with Crippen molar-refractivity contribution in [2.24, 2.45) is 0 Å². The molecule has 0 bridgehead atoms. The SMILES string of the molecule is C/C(O)=C1/C=CC(c2ccccc2)N(c2ccc(C)cc2)C1=O. The number of allylic oxidation sites excluding steroid dienone is 1. The first-order valence-electron chi connectivity index (χ1n) is 7.61. The van der Waals surface area contributed by atoms with Crippen LogP contribution in [0.15, 0.2) is 78.1 Å². The van der Waals surface area contributed by atoms with Crippen LogP contribution in [0, 0.1) is 6.92 Å². The number of anilines is 1. The number of amides is 1. The lowest BCUT2D eigenvalue weighted by Gasteiger charge is -2.34. The molecule has 0 spiro atoms. The van der Waals surface area contributed by atoms with Gasteiger partial charge in [0.1, 0.15) is 5.76 Å². The third-order valence-corrected chi connectivity index (χ3v) is 4.02. The van der Waals surface area contributed by atoms with Crippen LogP contribution in [0.25, 0.3) is 0 Å². The number of aliphatic hydroxyl groups is 1. The summed E-state index contributed by atoms with van der Waals surface area (Å²) in [6, 6.07) is 17.5. The van der Waals surface area contributed by atoms with Crippen molar-refractivity contribution < 1.29 is 9.90 Å². The maximum atomic E-state index is 12.9. The molecule has 0 saturated heterocycles. The van der Waals surface area contributed by atoms with Gasteiger partial charge in [-0.2, -0.15) is 0 Å². The summed E-state index contributed by atoms with van der Waals surface area (Å²) < 4.78 is 0. The molecule has 2 aromatic carbocycles. The molecule has 0 aromatic heterocycles. The summed E-state index contributed by atoms with van der Waals surface area (Å²) in [4.78, 5) is 14.6. The summed E-state index contributed by atoms with van der Waals surface area (Å²) in [6.45, 7) is 3.55. The van der Waals surface area contributed by atoms with E-state index in [1.807, 2.05) is 67.6 Å². The Morgan fingerprint density at radius 1 is 1.04 bits per heavy atom. The Bertz CT molecular complexity index is 769. The number of hydrogen-bond donors (Lipinski definition) is 1. The van der Waals surface area contributed by atoms with Crippen molar-refractivity contribution in [2.45, 2.75) is 19.9 Å². The Balaban J connectivity index is 2.13. The van der Waals surface area contributed by atoms with E-state index in [0.717, 1.165) is 16.8 Å². The highest BCUT2D eigenvalue weighted by atomic mass is 16.3. The first kappa shape index (κ1) is 15.1. The molecule has 3 heteroatoms. The number of nitrogens with zero attached hydrogens (tertiary/aromatic N) is 1. The number of aliphatic hydroxyl groups excluding tert-OH is 1. The molecule has 1 heterocycles. The van der Waals surface area contributed by atoms with Crippen molar-refractivity contribution in [1.82, 2.24) is 0 Å². The van der Waals surface area contributed by atoms with Gasteiger partial charge in [-0.1, -0.05) is 54.1 Å². The van der Waals surface area contributed by atoms with Crippen LogP contribution in [0.2, 0.25) is 0 Å². The monoisotopic (exact) mass is 305 g/mol. The molecule has 1 amide bonds. The molecule has 1 N–H and O–H groups in total. The molecular weight excluding hydrogens is 286 g/mol. The molecule has 1 unspecified atom stereocenters. The molecule has 0 fully saturated rings.